The van der Waals surface area contributed by atoms with E-state index in [1.165, 1.54) is 6.42 Å². The third kappa shape index (κ3) is 2.44. The summed E-state index contributed by atoms with van der Waals surface area (Å²) in [5.41, 5.74) is 0. The zero-order chi connectivity index (χ0) is 11.5. The van der Waals surface area contributed by atoms with E-state index in [0.29, 0.717) is 6.04 Å². The Bertz CT molecular complexity index is 337. The molecule has 0 spiro atoms. The van der Waals surface area contributed by atoms with E-state index in [4.69, 9.17) is 4.42 Å². The van der Waals surface area contributed by atoms with Gasteiger partial charge < -0.3 is 9.73 Å². The molecule has 2 unspecified atom stereocenters. The number of nitrogens with one attached hydrogen (secondary N) is 1. The molecule has 0 amide bonds. The molecule has 4 nitrogen and oxygen atoms in total. The molecule has 16 heavy (non-hydrogen) atoms. The van der Waals surface area contributed by atoms with Crippen molar-refractivity contribution in [3.63, 3.8) is 0 Å². The summed E-state index contributed by atoms with van der Waals surface area (Å²) >= 11 is 0. The van der Waals surface area contributed by atoms with Crippen LogP contribution in [0, 0.1) is 6.92 Å². The number of hydrogen-bond donors (Lipinski definition) is 1. The molecule has 1 aliphatic rings. The molecular weight excluding hydrogens is 202 g/mol. The van der Waals surface area contributed by atoms with Crippen LogP contribution in [0.1, 0.15) is 38.0 Å². The first kappa shape index (κ1) is 11.6. The third-order valence-electron chi connectivity index (χ3n) is 3.26. The highest BCUT2D eigenvalue weighted by atomic mass is 16.4. The molecule has 1 aliphatic heterocycles. The first-order valence-electron chi connectivity index (χ1n) is 6.10. The SMILES string of the molecule is CCNC1CCN(C(C)c2ncc(C)o2)C1. The van der Waals surface area contributed by atoms with E-state index in [1.54, 1.807) is 6.20 Å². The molecule has 2 heterocycles. The lowest BCUT2D eigenvalue weighted by Crippen LogP contribution is -2.33. The van der Waals surface area contributed by atoms with E-state index in [-0.39, 0.29) is 6.04 Å². The van der Waals surface area contributed by atoms with Crippen LogP contribution in [0.4, 0.5) is 0 Å². The molecular formula is C12H21N3O. The van der Waals surface area contributed by atoms with Gasteiger partial charge in [-0.05, 0) is 26.8 Å². The Labute approximate surface area is 97.0 Å². The van der Waals surface area contributed by atoms with Gasteiger partial charge in [-0.3, -0.25) is 4.90 Å². The molecule has 2 rings (SSSR count). The molecule has 1 aromatic heterocycles. The predicted molar refractivity (Wildman–Crippen MR) is 63.3 cm³/mol. The highest BCUT2D eigenvalue weighted by Crippen LogP contribution is 2.24. The summed E-state index contributed by atoms with van der Waals surface area (Å²) in [6.07, 6.45) is 3.02. The Morgan fingerprint density at radius 2 is 2.50 bits per heavy atom. The normalized spacial score (nSPS) is 23.8. The largest absolute Gasteiger partial charge is 0.444 e. The van der Waals surface area contributed by atoms with Gasteiger partial charge in [-0.15, -0.1) is 0 Å². The van der Waals surface area contributed by atoms with Crippen LogP contribution >= 0.6 is 0 Å². The first-order valence-corrected chi connectivity index (χ1v) is 6.10. The number of rotatable bonds is 4. The van der Waals surface area contributed by atoms with Gasteiger partial charge in [0, 0.05) is 19.1 Å². The van der Waals surface area contributed by atoms with E-state index in [9.17, 15) is 0 Å². The van der Waals surface area contributed by atoms with Gasteiger partial charge in [-0.1, -0.05) is 6.92 Å². The topological polar surface area (TPSA) is 41.3 Å². The van der Waals surface area contributed by atoms with Crippen LogP contribution in [0.3, 0.4) is 0 Å². The van der Waals surface area contributed by atoms with Gasteiger partial charge in [0.25, 0.3) is 0 Å². The van der Waals surface area contributed by atoms with Crippen molar-refractivity contribution in [3.8, 4) is 0 Å². The van der Waals surface area contributed by atoms with Crippen LogP contribution in [0.15, 0.2) is 10.6 Å². The monoisotopic (exact) mass is 223 g/mol. The summed E-state index contributed by atoms with van der Waals surface area (Å²) in [5.74, 6) is 1.74. The lowest BCUT2D eigenvalue weighted by Gasteiger charge is -2.21. The second-order valence-electron chi connectivity index (χ2n) is 4.52. The molecule has 1 N–H and O–H groups in total. The standard InChI is InChI=1S/C12H21N3O/c1-4-13-11-5-6-15(8-11)10(3)12-14-7-9(2)16-12/h7,10-11,13H,4-6,8H2,1-3H3. The number of aryl methyl sites for hydroxylation is 1. The highest BCUT2D eigenvalue weighted by Gasteiger charge is 2.28. The van der Waals surface area contributed by atoms with Crippen molar-refractivity contribution in [1.29, 1.82) is 0 Å². The van der Waals surface area contributed by atoms with Crippen molar-refractivity contribution in [2.75, 3.05) is 19.6 Å². The van der Waals surface area contributed by atoms with Gasteiger partial charge in [0.1, 0.15) is 5.76 Å². The van der Waals surface area contributed by atoms with Gasteiger partial charge in [0.05, 0.1) is 12.2 Å². The average Bonchev–Trinajstić information content (AvgIpc) is 2.87. The fraction of sp³-hybridized carbons (Fsp3) is 0.750. The second-order valence-corrected chi connectivity index (χ2v) is 4.52. The molecule has 0 aliphatic carbocycles. The Morgan fingerprint density at radius 1 is 1.69 bits per heavy atom. The van der Waals surface area contributed by atoms with Crippen molar-refractivity contribution < 1.29 is 4.42 Å². The molecule has 2 atom stereocenters. The molecule has 1 aromatic rings. The van der Waals surface area contributed by atoms with Crippen LogP contribution in [0.2, 0.25) is 0 Å². The quantitative estimate of drug-likeness (QED) is 0.844. The van der Waals surface area contributed by atoms with Crippen LogP contribution in [-0.2, 0) is 0 Å². The molecule has 4 heteroatoms. The molecule has 0 saturated carbocycles. The van der Waals surface area contributed by atoms with Crippen molar-refractivity contribution in [3.05, 3.63) is 17.8 Å². The van der Waals surface area contributed by atoms with Gasteiger partial charge in [-0.25, -0.2) is 4.98 Å². The summed E-state index contributed by atoms with van der Waals surface area (Å²) in [6.45, 7) is 9.53. The number of nitrogens with zero attached hydrogens (tertiary/aromatic N) is 2. The summed E-state index contributed by atoms with van der Waals surface area (Å²) in [6, 6.07) is 0.917. The van der Waals surface area contributed by atoms with E-state index >= 15 is 0 Å². The van der Waals surface area contributed by atoms with Gasteiger partial charge in [-0.2, -0.15) is 0 Å². The van der Waals surface area contributed by atoms with Crippen LogP contribution in [-0.4, -0.2) is 35.6 Å². The second kappa shape index (κ2) is 4.97. The summed E-state index contributed by atoms with van der Waals surface area (Å²) in [7, 11) is 0. The summed E-state index contributed by atoms with van der Waals surface area (Å²) in [4.78, 5) is 6.73. The van der Waals surface area contributed by atoms with Crippen molar-refractivity contribution >= 4 is 0 Å². The van der Waals surface area contributed by atoms with Crippen molar-refractivity contribution in [2.45, 2.75) is 39.3 Å². The number of hydrogen-bond acceptors (Lipinski definition) is 4. The molecule has 0 aromatic carbocycles. The minimum Gasteiger partial charge on any atom is -0.444 e. The Hall–Kier alpha value is -0.870. The molecule has 1 fully saturated rings. The number of oxazole rings is 1. The molecule has 90 valence electrons. The lowest BCUT2D eigenvalue weighted by molar-refractivity contribution is 0.218. The van der Waals surface area contributed by atoms with Crippen LogP contribution in [0.25, 0.3) is 0 Å². The molecule has 0 radical (unpaired) electrons. The van der Waals surface area contributed by atoms with E-state index < -0.39 is 0 Å². The minimum absolute atomic E-state index is 0.289. The van der Waals surface area contributed by atoms with Gasteiger partial charge in [0.15, 0.2) is 0 Å². The highest BCUT2D eigenvalue weighted by molar-refractivity contribution is 4.97. The Balaban J connectivity index is 1.94. The van der Waals surface area contributed by atoms with Gasteiger partial charge in [0.2, 0.25) is 5.89 Å². The maximum atomic E-state index is 5.58. The third-order valence-corrected chi connectivity index (χ3v) is 3.26. The number of aromatic nitrogens is 1. The van der Waals surface area contributed by atoms with E-state index in [0.717, 1.165) is 31.3 Å². The predicted octanol–water partition coefficient (Wildman–Crippen LogP) is 1.73. The lowest BCUT2D eigenvalue weighted by atomic mass is 10.2. The fourth-order valence-electron chi connectivity index (χ4n) is 2.32. The zero-order valence-electron chi connectivity index (χ0n) is 10.4. The zero-order valence-corrected chi connectivity index (χ0v) is 10.4. The summed E-state index contributed by atoms with van der Waals surface area (Å²) in [5, 5.41) is 3.49. The van der Waals surface area contributed by atoms with Crippen LogP contribution < -0.4 is 5.32 Å². The van der Waals surface area contributed by atoms with Crippen LogP contribution in [0.5, 0.6) is 0 Å². The Kier molecular flexibility index (Phi) is 3.61. The van der Waals surface area contributed by atoms with E-state index in [2.05, 4.69) is 29.0 Å². The number of likely N-dealkylation sites (N-methyl/N-ethyl adjacent to an activating group) is 1. The fourth-order valence-corrected chi connectivity index (χ4v) is 2.32. The Morgan fingerprint density at radius 3 is 3.12 bits per heavy atom. The van der Waals surface area contributed by atoms with Gasteiger partial charge >= 0.3 is 0 Å². The average molecular weight is 223 g/mol. The summed E-state index contributed by atoms with van der Waals surface area (Å²) < 4.78 is 5.58. The van der Waals surface area contributed by atoms with Crippen molar-refractivity contribution in [1.82, 2.24) is 15.2 Å². The van der Waals surface area contributed by atoms with Crippen molar-refractivity contribution in [2.24, 2.45) is 0 Å². The molecule has 1 saturated heterocycles. The van der Waals surface area contributed by atoms with E-state index in [1.807, 2.05) is 6.92 Å². The maximum Gasteiger partial charge on any atom is 0.211 e. The first-order chi connectivity index (χ1) is 7.70. The molecule has 0 bridgehead atoms. The maximum absolute atomic E-state index is 5.58. The number of likely N-dealkylation sites (tertiary alicyclic amines) is 1. The smallest absolute Gasteiger partial charge is 0.211 e. The minimum atomic E-state index is 0.289.